The molecule has 19 heavy (non-hydrogen) atoms. The number of carbonyl (C=O) groups is 1. The molecule has 1 N–H and O–H groups in total. The third-order valence-electron chi connectivity index (χ3n) is 3.78. The first kappa shape index (κ1) is 16.4. The van der Waals surface area contributed by atoms with Gasteiger partial charge in [-0.2, -0.15) is 0 Å². The van der Waals surface area contributed by atoms with Gasteiger partial charge in [-0.15, -0.1) is 0 Å². The molecular formula is C14H28N2O3. The zero-order valence-electron chi connectivity index (χ0n) is 12.6. The van der Waals surface area contributed by atoms with E-state index in [9.17, 15) is 4.79 Å². The van der Waals surface area contributed by atoms with Crippen LogP contribution in [-0.2, 0) is 14.3 Å². The molecule has 1 aliphatic heterocycles. The number of hydrogen-bond donors (Lipinski definition) is 1. The van der Waals surface area contributed by atoms with Crippen molar-refractivity contribution in [3.8, 4) is 0 Å². The molecule has 5 heteroatoms. The average Bonchev–Trinajstić information content (AvgIpc) is 2.84. The molecule has 0 aromatic carbocycles. The predicted octanol–water partition coefficient (Wildman–Crippen LogP) is 1.03. The fraction of sp³-hybridized carbons (Fsp3) is 0.929. The Morgan fingerprint density at radius 3 is 2.58 bits per heavy atom. The van der Waals surface area contributed by atoms with E-state index in [0.29, 0.717) is 0 Å². The summed E-state index contributed by atoms with van der Waals surface area (Å²) in [5.74, 6) is -0.223. The maximum Gasteiger partial charge on any atom is 0.325 e. The number of nitrogens with one attached hydrogen (secondary N) is 1. The molecule has 0 aliphatic carbocycles. The van der Waals surface area contributed by atoms with Crippen molar-refractivity contribution in [1.29, 1.82) is 0 Å². The summed E-state index contributed by atoms with van der Waals surface area (Å²) in [6.07, 6.45) is 2.11. The number of methoxy groups -OCH3 is 1. The van der Waals surface area contributed by atoms with Crippen molar-refractivity contribution in [1.82, 2.24) is 10.2 Å². The maximum absolute atomic E-state index is 11.8. The van der Waals surface area contributed by atoms with Crippen LogP contribution in [-0.4, -0.2) is 62.4 Å². The van der Waals surface area contributed by atoms with E-state index in [1.165, 1.54) is 7.11 Å². The highest BCUT2D eigenvalue weighted by Gasteiger charge is 2.34. The van der Waals surface area contributed by atoms with Crippen LogP contribution < -0.4 is 5.32 Å². The minimum Gasteiger partial charge on any atom is -0.468 e. The van der Waals surface area contributed by atoms with Crippen LogP contribution in [0.15, 0.2) is 0 Å². The number of esters is 1. The van der Waals surface area contributed by atoms with Gasteiger partial charge in [-0.05, 0) is 32.9 Å². The van der Waals surface area contributed by atoms with Crippen molar-refractivity contribution >= 4 is 5.97 Å². The lowest BCUT2D eigenvalue weighted by Crippen LogP contribution is -2.49. The van der Waals surface area contributed by atoms with E-state index < -0.39 is 0 Å². The van der Waals surface area contributed by atoms with Crippen LogP contribution in [0.4, 0.5) is 0 Å². The summed E-state index contributed by atoms with van der Waals surface area (Å²) in [5.41, 5.74) is 0. The molecule has 1 rings (SSSR count). The van der Waals surface area contributed by atoms with Crippen molar-refractivity contribution in [3.63, 3.8) is 0 Å². The Morgan fingerprint density at radius 2 is 2.11 bits per heavy atom. The van der Waals surface area contributed by atoms with Crippen LogP contribution in [0.5, 0.6) is 0 Å². The summed E-state index contributed by atoms with van der Waals surface area (Å²) in [4.78, 5) is 14.2. The second-order valence-electron chi connectivity index (χ2n) is 5.04. The highest BCUT2D eigenvalue weighted by atomic mass is 16.5. The van der Waals surface area contributed by atoms with Crippen LogP contribution in [0.1, 0.15) is 33.6 Å². The molecule has 0 saturated carbocycles. The summed E-state index contributed by atoms with van der Waals surface area (Å²) >= 11 is 0. The number of nitrogens with zero attached hydrogens (tertiary/aromatic N) is 1. The highest BCUT2D eigenvalue weighted by molar-refractivity contribution is 5.76. The van der Waals surface area contributed by atoms with Crippen LogP contribution in [0.2, 0.25) is 0 Å². The molecule has 1 fully saturated rings. The quantitative estimate of drug-likeness (QED) is 0.669. The molecule has 1 aliphatic rings. The van der Waals surface area contributed by atoms with Gasteiger partial charge < -0.3 is 19.7 Å². The van der Waals surface area contributed by atoms with E-state index in [-0.39, 0.29) is 24.2 Å². The number of hydrogen-bond acceptors (Lipinski definition) is 5. The van der Waals surface area contributed by atoms with Gasteiger partial charge in [-0.25, -0.2) is 0 Å². The second kappa shape index (κ2) is 8.51. The monoisotopic (exact) mass is 272 g/mol. The van der Waals surface area contributed by atoms with Crippen molar-refractivity contribution in [2.45, 2.75) is 51.9 Å². The van der Waals surface area contributed by atoms with Crippen LogP contribution in [0.3, 0.4) is 0 Å². The number of likely N-dealkylation sites (N-methyl/N-ethyl adjacent to an activating group) is 1. The van der Waals surface area contributed by atoms with Crippen molar-refractivity contribution in [3.05, 3.63) is 0 Å². The minimum absolute atomic E-state index is 0.0563. The standard InChI is InChI=1S/C14H28N2O3/c1-5-16(6-2)10-9-15-13(14(17)18-4)12-8-7-11(3)19-12/h11-13,15H,5-10H2,1-4H3. The van der Waals surface area contributed by atoms with Gasteiger partial charge >= 0.3 is 5.97 Å². The lowest BCUT2D eigenvalue weighted by Gasteiger charge is -2.24. The second-order valence-corrected chi connectivity index (χ2v) is 5.04. The highest BCUT2D eigenvalue weighted by Crippen LogP contribution is 2.22. The third kappa shape index (κ3) is 5.09. The Balaban J connectivity index is 2.44. The first-order valence-electron chi connectivity index (χ1n) is 7.31. The fourth-order valence-electron chi connectivity index (χ4n) is 2.49. The van der Waals surface area contributed by atoms with Crippen LogP contribution >= 0.6 is 0 Å². The Hall–Kier alpha value is -0.650. The van der Waals surface area contributed by atoms with E-state index in [1.807, 2.05) is 6.92 Å². The molecule has 0 aromatic rings. The van der Waals surface area contributed by atoms with Crippen LogP contribution in [0.25, 0.3) is 0 Å². The van der Waals surface area contributed by atoms with E-state index in [0.717, 1.165) is 39.0 Å². The molecule has 112 valence electrons. The molecule has 0 bridgehead atoms. The lowest BCUT2D eigenvalue weighted by atomic mass is 10.1. The summed E-state index contributed by atoms with van der Waals surface area (Å²) in [7, 11) is 1.43. The molecule has 3 atom stereocenters. The largest absolute Gasteiger partial charge is 0.468 e. The SMILES string of the molecule is CCN(CC)CCNC(C(=O)OC)C1CCC(C)O1. The third-order valence-corrected chi connectivity index (χ3v) is 3.78. The Labute approximate surface area is 116 Å². The molecule has 3 unspecified atom stereocenters. The molecule has 0 radical (unpaired) electrons. The van der Waals surface area contributed by atoms with Gasteiger partial charge in [0.25, 0.3) is 0 Å². The van der Waals surface area contributed by atoms with Gasteiger partial charge in [0.15, 0.2) is 0 Å². The van der Waals surface area contributed by atoms with E-state index in [2.05, 4.69) is 24.1 Å². The summed E-state index contributed by atoms with van der Waals surface area (Å²) in [6.45, 7) is 10.1. The number of carbonyl (C=O) groups excluding carboxylic acids is 1. The predicted molar refractivity (Wildman–Crippen MR) is 75.2 cm³/mol. The fourth-order valence-corrected chi connectivity index (χ4v) is 2.49. The first-order chi connectivity index (χ1) is 9.12. The normalized spacial score (nSPS) is 24.7. The molecular weight excluding hydrogens is 244 g/mol. The average molecular weight is 272 g/mol. The zero-order chi connectivity index (χ0) is 14.3. The van der Waals surface area contributed by atoms with Crippen molar-refractivity contribution in [2.24, 2.45) is 0 Å². The Morgan fingerprint density at radius 1 is 1.42 bits per heavy atom. The summed E-state index contributed by atoms with van der Waals surface area (Å²) < 4.78 is 10.7. The molecule has 5 nitrogen and oxygen atoms in total. The van der Waals surface area contributed by atoms with Gasteiger partial charge in [0.2, 0.25) is 0 Å². The Bertz CT molecular complexity index is 269. The van der Waals surface area contributed by atoms with Gasteiger partial charge in [-0.1, -0.05) is 13.8 Å². The van der Waals surface area contributed by atoms with Gasteiger partial charge in [0.05, 0.1) is 19.3 Å². The topological polar surface area (TPSA) is 50.8 Å². The molecule has 1 saturated heterocycles. The summed E-state index contributed by atoms with van der Waals surface area (Å²) in [5, 5.41) is 3.29. The minimum atomic E-state index is -0.342. The van der Waals surface area contributed by atoms with Gasteiger partial charge in [0.1, 0.15) is 6.04 Å². The molecule has 0 amide bonds. The smallest absolute Gasteiger partial charge is 0.325 e. The van der Waals surface area contributed by atoms with Gasteiger partial charge in [0, 0.05) is 13.1 Å². The first-order valence-corrected chi connectivity index (χ1v) is 7.31. The van der Waals surface area contributed by atoms with Crippen molar-refractivity contribution in [2.75, 3.05) is 33.3 Å². The van der Waals surface area contributed by atoms with E-state index >= 15 is 0 Å². The maximum atomic E-state index is 11.8. The zero-order valence-corrected chi connectivity index (χ0v) is 12.6. The molecule has 0 aromatic heterocycles. The van der Waals surface area contributed by atoms with E-state index in [4.69, 9.17) is 9.47 Å². The Kier molecular flexibility index (Phi) is 7.34. The number of ether oxygens (including phenoxy) is 2. The summed E-state index contributed by atoms with van der Waals surface area (Å²) in [6, 6.07) is -0.342. The molecule has 1 heterocycles. The lowest BCUT2D eigenvalue weighted by molar-refractivity contribution is -0.147. The van der Waals surface area contributed by atoms with Gasteiger partial charge in [-0.3, -0.25) is 4.79 Å². The van der Waals surface area contributed by atoms with Crippen molar-refractivity contribution < 1.29 is 14.3 Å². The molecule has 0 spiro atoms. The number of rotatable bonds is 8. The van der Waals surface area contributed by atoms with Crippen LogP contribution in [0, 0.1) is 0 Å². The van der Waals surface area contributed by atoms with E-state index in [1.54, 1.807) is 0 Å².